The number of aliphatic carboxylic acids is 1. The fraction of sp³-hybridized carbons (Fsp3) is 0.438. The number of aliphatic hydroxyl groups is 2. The van der Waals surface area contributed by atoms with E-state index in [0.29, 0.717) is 12.0 Å². The number of carboxylic acids is 1. The Hall–Kier alpha value is -2.69. The second kappa shape index (κ2) is 9.13. The van der Waals surface area contributed by atoms with Crippen molar-refractivity contribution in [3.63, 3.8) is 0 Å². The van der Waals surface area contributed by atoms with Crippen molar-refractivity contribution in [2.45, 2.75) is 37.9 Å². The lowest BCUT2D eigenvalue weighted by Crippen LogP contribution is -2.42. The molecule has 0 aliphatic carbocycles. The minimum atomic E-state index is -1.21. The summed E-state index contributed by atoms with van der Waals surface area (Å²) < 4.78 is 10.9. The smallest absolute Gasteiger partial charge is 0.333 e. The van der Waals surface area contributed by atoms with Crippen molar-refractivity contribution in [1.29, 1.82) is 0 Å². The van der Waals surface area contributed by atoms with Crippen LogP contribution in [0.3, 0.4) is 0 Å². The SMILES string of the molecule is O=CNCC(=O)Nc1ccc(CO)cc1OC1CC(O)CC(C(=O)O)O1. The van der Waals surface area contributed by atoms with Gasteiger partial charge in [0, 0.05) is 12.8 Å². The Balaban J connectivity index is 2.16. The van der Waals surface area contributed by atoms with Gasteiger partial charge < -0.3 is 35.4 Å². The van der Waals surface area contributed by atoms with E-state index in [4.69, 9.17) is 14.6 Å². The number of carbonyl (C=O) groups excluding carboxylic acids is 2. The van der Waals surface area contributed by atoms with Crippen LogP contribution in [0.1, 0.15) is 18.4 Å². The number of benzene rings is 1. The molecule has 26 heavy (non-hydrogen) atoms. The third-order valence-electron chi connectivity index (χ3n) is 3.65. The molecule has 0 aromatic heterocycles. The Kier molecular flexibility index (Phi) is 6.89. The maximum atomic E-state index is 11.8. The molecule has 0 saturated carbocycles. The highest BCUT2D eigenvalue weighted by Crippen LogP contribution is 2.30. The first-order chi connectivity index (χ1) is 12.4. The van der Waals surface area contributed by atoms with Crippen LogP contribution in [0.15, 0.2) is 18.2 Å². The molecular formula is C16H20N2O8. The number of anilines is 1. The number of carboxylic acid groups (broad SMARTS) is 1. The number of amides is 2. The lowest BCUT2D eigenvalue weighted by molar-refractivity contribution is -0.195. The molecule has 0 bridgehead atoms. The minimum Gasteiger partial charge on any atom is -0.479 e. The van der Waals surface area contributed by atoms with E-state index in [-0.39, 0.29) is 37.4 Å². The Morgan fingerprint density at radius 3 is 2.77 bits per heavy atom. The highest BCUT2D eigenvalue weighted by molar-refractivity contribution is 5.94. The average Bonchev–Trinajstić information content (AvgIpc) is 2.60. The first-order valence-electron chi connectivity index (χ1n) is 7.86. The fourth-order valence-electron chi connectivity index (χ4n) is 2.43. The summed E-state index contributed by atoms with van der Waals surface area (Å²) in [5.41, 5.74) is 0.741. The molecule has 0 radical (unpaired) electrons. The van der Waals surface area contributed by atoms with Crippen LogP contribution >= 0.6 is 0 Å². The van der Waals surface area contributed by atoms with Crippen LogP contribution in [-0.2, 0) is 25.7 Å². The van der Waals surface area contributed by atoms with Crippen molar-refractivity contribution in [3.8, 4) is 5.75 Å². The Bertz CT molecular complexity index is 666. The van der Waals surface area contributed by atoms with Gasteiger partial charge in [-0.3, -0.25) is 9.59 Å². The molecule has 0 spiro atoms. The average molecular weight is 368 g/mol. The van der Waals surface area contributed by atoms with Gasteiger partial charge in [-0.2, -0.15) is 0 Å². The zero-order valence-electron chi connectivity index (χ0n) is 13.8. The Labute approximate surface area is 148 Å². The maximum absolute atomic E-state index is 11.8. The summed E-state index contributed by atoms with van der Waals surface area (Å²) in [7, 11) is 0. The molecule has 5 N–H and O–H groups in total. The van der Waals surface area contributed by atoms with E-state index in [1.165, 1.54) is 12.1 Å². The molecule has 1 aromatic carbocycles. The summed E-state index contributed by atoms with van der Waals surface area (Å²) in [5, 5.41) is 32.9. The van der Waals surface area contributed by atoms with Gasteiger partial charge in [0.2, 0.25) is 18.6 Å². The molecule has 3 unspecified atom stereocenters. The summed E-state index contributed by atoms with van der Waals surface area (Å²) in [6.07, 6.45) is -2.78. The molecule has 10 heteroatoms. The van der Waals surface area contributed by atoms with Gasteiger partial charge in [0.15, 0.2) is 6.10 Å². The number of carbonyl (C=O) groups is 3. The van der Waals surface area contributed by atoms with E-state index in [2.05, 4.69) is 10.6 Å². The van der Waals surface area contributed by atoms with E-state index >= 15 is 0 Å². The molecular weight excluding hydrogens is 348 g/mol. The number of nitrogens with one attached hydrogen (secondary N) is 2. The van der Waals surface area contributed by atoms with Gasteiger partial charge in [-0.15, -0.1) is 0 Å². The molecule has 1 aromatic rings. The minimum absolute atomic E-state index is 0.0488. The van der Waals surface area contributed by atoms with Crippen LogP contribution in [0.25, 0.3) is 0 Å². The van der Waals surface area contributed by atoms with E-state index < -0.39 is 30.4 Å². The van der Waals surface area contributed by atoms with Crippen molar-refractivity contribution in [1.82, 2.24) is 5.32 Å². The molecule has 1 heterocycles. The summed E-state index contributed by atoms with van der Waals surface area (Å²) in [6.45, 7) is -0.520. The van der Waals surface area contributed by atoms with E-state index in [1.54, 1.807) is 6.07 Å². The van der Waals surface area contributed by atoms with Crippen molar-refractivity contribution < 1.29 is 39.2 Å². The lowest BCUT2D eigenvalue weighted by Gasteiger charge is -2.31. The first kappa shape index (κ1) is 19.6. The van der Waals surface area contributed by atoms with Crippen LogP contribution in [0, 0.1) is 0 Å². The van der Waals surface area contributed by atoms with Crippen LogP contribution in [-0.4, -0.2) is 58.6 Å². The number of rotatable bonds is 8. The molecule has 10 nitrogen and oxygen atoms in total. The van der Waals surface area contributed by atoms with Crippen LogP contribution in [0.2, 0.25) is 0 Å². The Morgan fingerprint density at radius 2 is 2.12 bits per heavy atom. The Morgan fingerprint density at radius 1 is 1.35 bits per heavy atom. The highest BCUT2D eigenvalue weighted by Gasteiger charge is 2.34. The maximum Gasteiger partial charge on any atom is 0.333 e. The van der Waals surface area contributed by atoms with Crippen molar-refractivity contribution in [2.24, 2.45) is 0 Å². The molecule has 1 aliphatic heterocycles. The van der Waals surface area contributed by atoms with Crippen molar-refractivity contribution in [3.05, 3.63) is 23.8 Å². The normalized spacial score (nSPS) is 22.3. The number of aliphatic hydroxyl groups excluding tert-OH is 2. The van der Waals surface area contributed by atoms with E-state index in [9.17, 15) is 24.6 Å². The van der Waals surface area contributed by atoms with E-state index in [0.717, 1.165) is 0 Å². The van der Waals surface area contributed by atoms with Gasteiger partial charge in [-0.25, -0.2) is 4.79 Å². The monoisotopic (exact) mass is 368 g/mol. The van der Waals surface area contributed by atoms with Crippen LogP contribution in [0.4, 0.5) is 5.69 Å². The van der Waals surface area contributed by atoms with Gasteiger partial charge >= 0.3 is 5.97 Å². The largest absolute Gasteiger partial charge is 0.479 e. The van der Waals surface area contributed by atoms with Crippen LogP contribution < -0.4 is 15.4 Å². The lowest BCUT2D eigenvalue weighted by atomic mass is 10.1. The van der Waals surface area contributed by atoms with Gasteiger partial charge in [0.05, 0.1) is 24.9 Å². The first-order valence-corrected chi connectivity index (χ1v) is 7.86. The number of hydrogen-bond donors (Lipinski definition) is 5. The zero-order chi connectivity index (χ0) is 19.1. The van der Waals surface area contributed by atoms with Gasteiger partial charge in [-0.05, 0) is 17.7 Å². The molecule has 142 valence electrons. The summed E-state index contributed by atoms with van der Waals surface area (Å²) in [4.78, 5) is 33.1. The summed E-state index contributed by atoms with van der Waals surface area (Å²) in [6, 6.07) is 4.52. The second-order valence-corrected chi connectivity index (χ2v) is 5.67. The van der Waals surface area contributed by atoms with Gasteiger partial charge in [0.1, 0.15) is 5.75 Å². The van der Waals surface area contributed by atoms with Gasteiger partial charge in [-0.1, -0.05) is 6.07 Å². The predicted molar refractivity (Wildman–Crippen MR) is 87.2 cm³/mol. The predicted octanol–water partition coefficient (Wildman–Crippen LogP) is -0.807. The van der Waals surface area contributed by atoms with Gasteiger partial charge in [0.25, 0.3) is 0 Å². The third kappa shape index (κ3) is 5.41. The topological polar surface area (TPSA) is 154 Å². The molecule has 1 aliphatic rings. The van der Waals surface area contributed by atoms with Crippen molar-refractivity contribution >= 4 is 24.0 Å². The van der Waals surface area contributed by atoms with E-state index in [1.807, 2.05) is 0 Å². The van der Waals surface area contributed by atoms with Crippen LogP contribution in [0.5, 0.6) is 5.75 Å². The summed E-state index contributed by atoms with van der Waals surface area (Å²) >= 11 is 0. The molecule has 3 atom stereocenters. The standard InChI is InChI=1S/C16H20N2O8/c19-7-9-1-2-11(18-14(22)6-17-8-20)12(3-9)25-15-5-10(21)4-13(26-15)16(23)24/h1-3,8,10,13,15,19,21H,4-7H2,(H,17,20)(H,18,22)(H,23,24). The third-order valence-corrected chi connectivity index (χ3v) is 3.65. The number of hydrogen-bond acceptors (Lipinski definition) is 7. The van der Waals surface area contributed by atoms with Crippen molar-refractivity contribution in [2.75, 3.05) is 11.9 Å². The highest BCUT2D eigenvalue weighted by atomic mass is 16.7. The zero-order valence-corrected chi connectivity index (χ0v) is 13.8. The molecule has 2 rings (SSSR count). The number of ether oxygens (including phenoxy) is 2. The molecule has 2 amide bonds. The summed E-state index contributed by atoms with van der Waals surface area (Å²) in [5.74, 6) is -1.58. The molecule has 1 saturated heterocycles. The molecule has 1 fully saturated rings. The second-order valence-electron chi connectivity index (χ2n) is 5.67. The fourth-order valence-corrected chi connectivity index (χ4v) is 2.43. The quantitative estimate of drug-likeness (QED) is 0.373.